The Morgan fingerprint density at radius 2 is 1.90 bits per heavy atom. The van der Waals surface area contributed by atoms with Crippen molar-refractivity contribution in [3.8, 4) is 5.75 Å². The van der Waals surface area contributed by atoms with E-state index in [0.717, 1.165) is 6.07 Å². The molecule has 152 valence electrons. The molecule has 3 saturated carbocycles. The molecule has 2 aromatic rings. The summed E-state index contributed by atoms with van der Waals surface area (Å²) in [5.41, 5.74) is 0.312. The molecule has 0 spiro atoms. The number of pyridine rings is 1. The Labute approximate surface area is 171 Å². The van der Waals surface area contributed by atoms with Gasteiger partial charge in [-0.15, -0.1) is 0 Å². The number of rotatable bonds is 7. The van der Waals surface area contributed by atoms with Gasteiger partial charge >= 0.3 is 0 Å². The van der Waals surface area contributed by atoms with Crippen LogP contribution in [0.25, 0.3) is 0 Å². The van der Waals surface area contributed by atoms with Crippen LogP contribution in [0.3, 0.4) is 0 Å². The van der Waals surface area contributed by atoms with Crippen molar-refractivity contribution in [1.29, 1.82) is 0 Å². The van der Waals surface area contributed by atoms with Crippen molar-refractivity contribution in [2.75, 3.05) is 6.61 Å². The van der Waals surface area contributed by atoms with E-state index in [1.54, 1.807) is 6.07 Å². The lowest BCUT2D eigenvalue weighted by molar-refractivity contribution is -0.141. The maximum Gasteiger partial charge on any atom is 0.258 e. The molecule has 0 aliphatic heterocycles. The molecule has 0 unspecified atom stereocenters. The van der Waals surface area contributed by atoms with E-state index in [9.17, 15) is 14.0 Å². The Balaban J connectivity index is 1.24. The van der Waals surface area contributed by atoms with Crippen LogP contribution in [-0.2, 0) is 11.4 Å². The number of halogens is 2. The summed E-state index contributed by atoms with van der Waals surface area (Å²) in [6, 6.07) is 5.58. The average molecular weight is 420 g/mol. The highest BCUT2D eigenvalue weighted by Gasteiger charge is 2.69. The molecule has 0 atom stereocenters. The number of carbonyl (C=O) groups excluding carboxylic acids is 2. The van der Waals surface area contributed by atoms with Gasteiger partial charge in [0.15, 0.2) is 6.61 Å². The van der Waals surface area contributed by atoms with E-state index in [2.05, 4.69) is 15.6 Å². The Morgan fingerprint density at radius 3 is 2.59 bits per heavy atom. The lowest BCUT2D eigenvalue weighted by atomic mass is 9.44. The molecule has 2 bridgehead atoms. The molecule has 3 aliphatic rings. The van der Waals surface area contributed by atoms with Gasteiger partial charge in [0, 0.05) is 29.5 Å². The number of aliphatic hydroxyl groups is 1. The number of nitrogens with one attached hydrogen (secondary N) is 2. The van der Waals surface area contributed by atoms with Gasteiger partial charge in [0.25, 0.3) is 11.8 Å². The molecule has 0 radical (unpaired) electrons. The van der Waals surface area contributed by atoms with Gasteiger partial charge < -0.3 is 20.5 Å². The Morgan fingerprint density at radius 1 is 1.17 bits per heavy atom. The summed E-state index contributed by atoms with van der Waals surface area (Å²) in [5, 5.41) is 15.1. The standard InChI is InChI=1S/C20H19ClFN3O4/c21-15-2-1-14(4-16(15)22)29-8-17(27)24-19-9-20(10-19,11-19)25-18(28)13-3-12(7-26)5-23-6-13/h1-6,26H,7-11H2,(H,24,27)(H,25,28). The van der Waals surface area contributed by atoms with Gasteiger partial charge in [-0.05, 0) is 43.0 Å². The van der Waals surface area contributed by atoms with Crippen LogP contribution in [0.1, 0.15) is 35.2 Å². The van der Waals surface area contributed by atoms with Crippen LogP contribution in [0, 0.1) is 5.82 Å². The minimum Gasteiger partial charge on any atom is -0.484 e. The fraction of sp³-hybridized carbons (Fsp3) is 0.350. The van der Waals surface area contributed by atoms with Crippen LogP contribution in [-0.4, -0.2) is 39.6 Å². The number of amides is 2. The third-order valence-corrected chi connectivity index (χ3v) is 5.62. The van der Waals surface area contributed by atoms with E-state index in [0.29, 0.717) is 30.4 Å². The highest BCUT2D eigenvalue weighted by molar-refractivity contribution is 6.30. The first-order valence-corrected chi connectivity index (χ1v) is 9.46. The predicted octanol–water partition coefficient (Wildman–Crippen LogP) is 1.97. The van der Waals surface area contributed by atoms with E-state index in [4.69, 9.17) is 21.4 Å². The molecule has 5 rings (SSSR count). The molecule has 2 amide bonds. The van der Waals surface area contributed by atoms with Crippen LogP contribution in [0.15, 0.2) is 36.7 Å². The molecule has 3 aliphatic carbocycles. The van der Waals surface area contributed by atoms with E-state index in [1.807, 2.05) is 0 Å². The molecule has 3 fully saturated rings. The summed E-state index contributed by atoms with van der Waals surface area (Å²) in [6.45, 7) is -0.416. The van der Waals surface area contributed by atoms with Gasteiger partial charge in [0.2, 0.25) is 0 Å². The van der Waals surface area contributed by atoms with Crippen molar-refractivity contribution in [2.24, 2.45) is 0 Å². The Kier molecular flexibility index (Phi) is 4.92. The number of nitrogens with zero attached hydrogens (tertiary/aromatic N) is 1. The lowest BCUT2D eigenvalue weighted by Crippen LogP contribution is -2.84. The quantitative estimate of drug-likeness (QED) is 0.637. The number of hydrogen-bond acceptors (Lipinski definition) is 5. The number of benzene rings is 1. The summed E-state index contributed by atoms with van der Waals surface area (Å²) >= 11 is 5.61. The number of aromatic nitrogens is 1. The fourth-order valence-corrected chi connectivity index (χ4v) is 4.23. The summed E-state index contributed by atoms with van der Waals surface area (Å²) in [7, 11) is 0. The van der Waals surface area contributed by atoms with Crippen LogP contribution in [0.5, 0.6) is 5.75 Å². The van der Waals surface area contributed by atoms with Gasteiger partial charge in [0.1, 0.15) is 11.6 Å². The minimum atomic E-state index is -0.610. The topological polar surface area (TPSA) is 101 Å². The van der Waals surface area contributed by atoms with Crippen LogP contribution in [0.2, 0.25) is 5.02 Å². The maximum atomic E-state index is 13.4. The Hall–Kier alpha value is -2.71. The largest absolute Gasteiger partial charge is 0.484 e. The van der Waals surface area contributed by atoms with E-state index >= 15 is 0 Å². The number of carbonyl (C=O) groups is 2. The van der Waals surface area contributed by atoms with Crippen molar-refractivity contribution in [3.63, 3.8) is 0 Å². The van der Waals surface area contributed by atoms with Crippen LogP contribution < -0.4 is 15.4 Å². The molecular weight excluding hydrogens is 401 g/mol. The molecule has 1 heterocycles. The van der Waals surface area contributed by atoms with Crippen LogP contribution >= 0.6 is 11.6 Å². The second-order valence-corrected chi connectivity index (χ2v) is 8.11. The second-order valence-electron chi connectivity index (χ2n) is 7.70. The zero-order chi connectivity index (χ0) is 20.6. The second kappa shape index (κ2) is 7.27. The maximum absolute atomic E-state index is 13.4. The van der Waals surface area contributed by atoms with E-state index < -0.39 is 5.82 Å². The van der Waals surface area contributed by atoms with Gasteiger partial charge in [-0.3, -0.25) is 14.6 Å². The fourth-order valence-electron chi connectivity index (χ4n) is 4.11. The lowest BCUT2D eigenvalue weighted by Gasteiger charge is -2.70. The summed E-state index contributed by atoms with van der Waals surface area (Å²) in [5.74, 6) is -0.941. The first kappa shape index (κ1) is 19.6. The van der Waals surface area contributed by atoms with Gasteiger partial charge in [-0.25, -0.2) is 4.39 Å². The Bertz CT molecular complexity index is 964. The van der Waals surface area contributed by atoms with Crippen molar-refractivity contribution in [2.45, 2.75) is 36.9 Å². The zero-order valence-corrected chi connectivity index (χ0v) is 16.1. The van der Waals surface area contributed by atoms with Crippen molar-refractivity contribution in [3.05, 3.63) is 58.6 Å². The van der Waals surface area contributed by atoms with Crippen molar-refractivity contribution in [1.82, 2.24) is 15.6 Å². The zero-order valence-electron chi connectivity index (χ0n) is 15.4. The average Bonchev–Trinajstić information content (AvgIpc) is 2.66. The van der Waals surface area contributed by atoms with Crippen LogP contribution in [0.4, 0.5) is 4.39 Å². The van der Waals surface area contributed by atoms with Gasteiger partial charge in [-0.1, -0.05) is 11.6 Å². The summed E-state index contributed by atoms with van der Waals surface area (Å²) < 4.78 is 18.7. The van der Waals surface area contributed by atoms with Gasteiger partial charge in [-0.2, -0.15) is 0 Å². The molecule has 7 nitrogen and oxygen atoms in total. The first-order valence-electron chi connectivity index (χ1n) is 9.08. The summed E-state index contributed by atoms with van der Waals surface area (Å²) in [4.78, 5) is 28.5. The molecule has 9 heteroatoms. The van der Waals surface area contributed by atoms with E-state index in [-0.39, 0.29) is 46.9 Å². The highest BCUT2D eigenvalue weighted by atomic mass is 35.5. The predicted molar refractivity (Wildman–Crippen MR) is 102 cm³/mol. The molecule has 0 saturated heterocycles. The SMILES string of the molecule is O=C(COc1ccc(Cl)c(F)c1)NC12CC(NC(=O)c3cncc(CO)c3)(C1)C2. The number of hydrogen-bond donors (Lipinski definition) is 3. The minimum absolute atomic E-state index is 0.0121. The molecule has 1 aromatic carbocycles. The van der Waals surface area contributed by atoms with Gasteiger partial charge in [0.05, 0.1) is 17.2 Å². The smallest absolute Gasteiger partial charge is 0.258 e. The molecule has 29 heavy (non-hydrogen) atoms. The van der Waals surface area contributed by atoms with Crippen molar-refractivity contribution >= 4 is 23.4 Å². The van der Waals surface area contributed by atoms with Crippen molar-refractivity contribution < 1.29 is 23.8 Å². The van der Waals surface area contributed by atoms with E-state index in [1.165, 1.54) is 24.5 Å². The molecule has 3 N–H and O–H groups in total. The first-order chi connectivity index (χ1) is 13.8. The summed E-state index contributed by atoms with van der Waals surface area (Å²) in [6.07, 6.45) is 4.87. The highest BCUT2D eigenvalue weighted by Crippen LogP contribution is 2.60. The third-order valence-electron chi connectivity index (χ3n) is 5.31. The molecular formula is C20H19ClFN3O4. The normalized spacial score (nSPS) is 24.1. The third kappa shape index (κ3) is 3.90. The monoisotopic (exact) mass is 419 g/mol. The number of aliphatic hydroxyl groups excluding tert-OH is 1. The number of ether oxygens (including phenoxy) is 1. The molecule has 1 aromatic heterocycles.